The van der Waals surface area contributed by atoms with Crippen LogP contribution >= 0.6 is 0 Å². The summed E-state index contributed by atoms with van der Waals surface area (Å²) in [4.78, 5) is 0. The second kappa shape index (κ2) is 35.4. The van der Waals surface area contributed by atoms with Crippen LogP contribution in [0.25, 0.3) is 0 Å². The van der Waals surface area contributed by atoms with Crippen molar-refractivity contribution in [1.82, 2.24) is 0 Å². The van der Waals surface area contributed by atoms with E-state index in [2.05, 4.69) is 13.8 Å². The zero-order chi connectivity index (χ0) is 23.8. The molecule has 0 radical (unpaired) electrons. The van der Waals surface area contributed by atoms with Crippen LogP contribution in [-0.4, -0.2) is 49.9 Å². The first kappa shape index (κ1) is 34.0. The number of aliphatic hydroxyl groups is 2. The molecular weight excluding hydrogens is 400 g/mol. The smallest absolute Gasteiger partial charge is 0.0697 e. The lowest BCUT2D eigenvalue weighted by Gasteiger charge is -2.03. The molecule has 0 spiro atoms. The molecule has 0 aliphatic heterocycles. The summed E-state index contributed by atoms with van der Waals surface area (Å²) in [7, 11) is 0. The van der Waals surface area contributed by atoms with Gasteiger partial charge in [0, 0.05) is 13.2 Å². The summed E-state index contributed by atoms with van der Waals surface area (Å²) >= 11 is 0. The Morgan fingerprint density at radius 1 is 0.344 bits per heavy atom. The van der Waals surface area contributed by atoms with Gasteiger partial charge in [0.2, 0.25) is 0 Å². The summed E-state index contributed by atoms with van der Waals surface area (Å²) in [5.41, 5.74) is 0. The molecule has 32 heavy (non-hydrogen) atoms. The average molecular weight is 461 g/mol. The summed E-state index contributed by atoms with van der Waals surface area (Å²) in [5, 5.41) is 17.0. The van der Waals surface area contributed by atoms with Crippen molar-refractivity contribution in [2.24, 2.45) is 0 Å². The van der Waals surface area contributed by atoms with Gasteiger partial charge >= 0.3 is 0 Å². The number of aliphatic hydroxyl groups excluding tert-OH is 2. The molecule has 0 aromatic rings. The van der Waals surface area contributed by atoms with Crippen molar-refractivity contribution < 1.29 is 19.7 Å². The zero-order valence-corrected chi connectivity index (χ0v) is 22.1. The fourth-order valence-electron chi connectivity index (χ4n) is 3.72. The van der Waals surface area contributed by atoms with Gasteiger partial charge in [-0.3, -0.25) is 0 Å². The van der Waals surface area contributed by atoms with Gasteiger partial charge in [-0.25, -0.2) is 0 Å². The number of hydrogen-bond acceptors (Lipinski definition) is 4. The van der Waals surface area contributed by atoms with Gasteiger partial charge in [-0.15, -0.1) is 0 Å². The van der Waals surface area contributed by atoms with E-state index >= 15 is 0 Å². The third-order valence-electron chi connectivity index (χ3n) is 5.76. The van der Waals surface area contributed by atoms with Crippen molar-refractivity contribution in [3.05, 3.63) is 0 Å². The molecular formula is C28H60O4. The van der Waals surface area contributed by atoms with Crippen LogP contribution in [0.3, 0.4) is 0 Å². The van der Waals surface area contributed by atoms with E-state index < -0.39 is 0 Å². The Hall–Kier alpha value is -0.160. The molecule has 0 aliphatic carbocycles. The number of hydrogen-bond donors (Lipinski definition) is 2. The first-order valence-electron chi connectivity index (χ1n) is 14.2. The predicted molar refractivity (Wildman–Crippen MR) is 139 cm³/mol. The molecule has 0 saturated heterocycles. The first-order valence-corrected chi connectivity index (χ1v) is 14.2. The van der Waals surface area contributed by atoms with Gasteiger partial charge in [0.05, 0.1) is 26.4 Å². The van der Waals surface area contributed by atoms with E-state index in [1.54, 1.807) is 0 Å². The van der Waals surface area contributed by atoms with Gasteiger partial charge in [-0.1, -0.05) is 129 Å². The van der Waals surface area contributed by atoms with Gasteiger partial charge in [0.1, 0.15) is 0 Å². The normalized spacial score (nSPS) is 10.9. The van der Waals surface area contributed by atoms with Crippen molar-refractivity contribution in [3.63, 3.8) is 0 Å². The van der Waals surface area contributed by atoms with Gasteiger partial charge in [-0.2, -0.15) is 0 Å². The van der Waals surface area contributed by atoms with E-state index in [0.717, 1.165) is 26.1 Å². The van der Waals surface area contributed by atoms with Crippen molar-refractivity contribution in [2.45, 2.75) is 142 Å². The van der Waals surface area contributed by atoms with E-state index in [-0.39, 0.29) is 13.2 Å². The Morgan fingerprint density at radius 2 is 0.594 bits per heavy atom. The lowest BCUT2D eigenvalue weighted by atomic mass is 10.1. The summed E-state index contributed by atoms with van der Waals surface area (Å²) in [6, 6.07) is 0. The molecule has 0 rings (SSSR count). The second-order valence-electron chi connectivity index (χ2n) is 9.04. The Balaban J connectivity index is 0. The lowest BCUT2D eigenvalue weighted by Crippen LogP contribution is -2.00. The highest BCUT2D eigenvalue weighted by Gasteiger charge is 1.94. The molecule has 0 atom stereocenters. The molecule has 0 bridgehead atoms. The minimum atomic E-state index is 0.151. The van der Waals surface area contributed by atoms with E-state index in [1.807, 2.05) is 0 Å². The second-order valence-corrected chi connectivity index (χ2v) is 9.04. The predicted octanol–water partition coefficient (Wildman–Crippen LogP) is 7.83. The molecule has 196 valence electrons. The van der Waals surface area contributed by atoms with Crippen molar-refractivity contribution in [3.8, 4) is 0 Å². The summed E-state index contributed by atoms with van der Waals surface area (Å²) in [5.74, 6) is 0. The maximum absolute atomic E-state index is 8.50. The van der Waals surface area contributed by atoms with Crippen molar-refractivity contribution >= 4 is 0 Å². The van der Waals surface area contributed by atoms with Crippen LogP contribution in [0.15, 0.2) is 0 Å². The minimum absolute atomic E-state index is 0.151. The third-order valence-corrected chi connectivity index (χ3v) is 5.76. The quantitative estimate of drug-likeness (QED) is 0.129. The van der Waals surface area contributed by atoms with Crippen LogP contribution in [0.2, 0.25) is 0 Å². The molecule has 0 aliphatic rings. The number of rotatable bonds is 26. The zero-order valence-electron chi connectivity index (χ0n) is 22.1. The van der Waals surface area contributed by atoms with Crippen LogP contribution < -0.4 is 0 Å². The Morgan fingerprint density at radius 3 is 0.844 bits per heavy atom. The Labute approximate surface area is 201 Å². The van der Waals surface area contributed by atoms with Gasteiger partial charge in [0.25, 0.3) is 0 Å². The van der Waals surface area contributed by atoms with E-state index in [4.69, 9.17) is 19.7 Å². The molecule has 0 heterocycles. The lowest BCUT2D eigenvalue weighted by molar-refractivity contribution is 0.0895. The maximum atomic E-state index is 8.50. The molecule has 4 nitrogen and oxygen atoms in total. The fourth-order valence-corrected chi connectivity index (χ4v) is 3.72. The molecule has 0 saturated carbocycles. The Kier molecular flexibility index (Phi) is 37.7. The summed E-state index contributed by atoms with van der Waals surface area (Å²) in [6.45, 7) is 7.45. The highest BCUT2D eigenvalue weighted by Crippen LogP contribution is 2.11. The Bertz CT molecular complexity index is 231. The van der Waals surface area contributed by atoms with E-state index in [9.17, 15) is 0 Å². The van der Waals surface area contributed by atoms with Crippen LogP contribution in [-0.2, 0) is 9.47 Å². The summed E-state index contributed by atoms with van der Waals surface area (Å²) in [6.07, 6.45) is 27.1. The number of ether oxygens (including phenoxy) is 2. The average Bonchev–Trinajstić information content (AvgIpc) is 2.81. The van der Waals surface area contributed by atoms with Crippen LogP contribution in [0.4, 0.5) is 0 Å². The standard InChI is InChI=1S/2C14H30O2/c2*1-2-3-4-5-6-7-8-9-10-11-13-16-14-12-15/h2*15H,2-14H2,1H3. The van der Waals surface area contributed by atoms with Crippen molar-refractivity contribution in [1.29, 1.82) is 0 Å². The highest BCUT2D eigenvalue weighted by atomic mass is 16.5. The molecule has 0 aromatic carbocycles. The highest BCUT2D eigenvalue weighted by molar-refractivity contribution is 4.48. The SMILES string of the molecule is CCCCCCCCCCCCOCCO.CCCCCCCCCCCCOCCO. The first-order chi connectivity index (χ1) is 15.8. The van der Waals surface area contributed by atoms with Gasteiger partial charge in [0.15, 0.2) is 0 Å². The molecule has 0 aromatic heterocycles. The summed E-state index contributed by atoms with van der Waals surface area (Å²) < 4.78 is 10.4. The maximum Gasteiger partial charge on any atom is 0.0697 e. The van der Waals surface area contributed by atoms with Crippen molar-refractivity contribution in [2.75, 3.05) is 39.6 Å². The van der Waals surface area contributed by atoms with Crippen LogP contribution in [0, 0.1) is 0 Å². The van der Waals surface area contributed by atoms with Crippen LogP contribution in [0.1, 0.15) is 142 Å². The topological polar surface area (TPSA) is 58.9 Å². The molecule has 0 unspecified atom stereocenters. The van der Waals surface area contributed by atoms with Crippen LogP contribution in [0.5, 0.6) is 0 Å². The van der Waals surface area contributed by atoms with E-state index in [0.29, 0.717) is 13.2 Å². The molecule has 0 fully saturated rings. The van der Waals surface area contributed by atoms with Gasteiger partial charge < -0.3 is 19.7 Å². The van der Waals surface area contributed by atoms with Gasteiger partial charge in [-0.05, 0) is 12.8 Å². The number of unbranched alkanes of at least 4 members (excludes halogenated alkanes) is 18. The molecule has 4 heteroatoms. The molecule has 2 N–H and O–H groups in total. The fraction of sp³-hybridized carbons (Fsp3) is 1.00. The molecule has 0 amide bonds. The monoisotopic (exact) mass is 460 g/mol. The largest absolute Gasteiger partial charge is 0.394 e. The minimum Gasteiger partial charge on any atom is -0.394 e. The third kappa shape index (κ3) is 37.2. The van der Waals surface area contributed by atoms with E-state index in [1.165, 1.54) is 116 Å².